The van der Waals surface area contributed by atoms with Crippen LogP contribution in [0.4, 0.5) is 5.69 Å². The van der Waals surface area contributed by atoms with E-state index < -0.39 is 5.92 Å². The number of nitrogens with one attached hydrogen (secondary N) is 2. The molecule has 2 N–H and O–H groups in total. The van der Waals surface area contributed by atoms with Crippen molar-refractivity contribution in [2.75, 3.05) is 19.0 Å². The molecule has 1 fully saturated rings. The Balaban J connectivity index is 1.38. The Hall–Kier alpha value is -4.13. The molecular formula is C27H27N3O4. The van der Waals surface area contributed by atoms with Gasteiger partial charge in [0.2, 0.25) is 11.8 Å². The van der Waals surface area contributed by atoms with Crippen LogP contribution in [0.25, 0.3) is 0 Å². The second-order valence-corrected chi connectivity index (χ2v) is 8.23. The molecular weight excluding hydrogens is 430 g/mol. The monoisotopic (exact) mass is 457 g/mol. The van der Waals surface area contributed by atoms with E-state index in [9.17, 15) is 14.4 Å². The van der Waals surface area contributed by atoms with E-state index in [-0.39, 0.29) is 24.1 Å². The van der Waals surface area contributed by atoms with Gasteiger partial charge in [-0.3, -0.25) is 14.4 Å². The summed E-state index contributed by atoms with van der Waals surface area (Å²) in [6, 6.07) is 24.0. The fourth-order valence-corrected chi connectivity index (χ4v) is 3.99. The van der Waals surface area contributed by atoms with Crippen LogP contribution in [0.2, 0.25) is 0 Å². The smallest absolute Gasteiger partial charge is 0.253 e. The van der Waals surface area contributed by atoms with Gasteiger partial charge in [0.15, 0.2) is 0 Å². The van der Waals surface area contributed by atoms with Crippen molar-refractivity contribution in [3.05, 3.63) is 95.6 Å². The van der Waals surface area contributed by atoms with E-state index in [0.717, 1.165) is 11.1 Å². The first-order valence-corrected chi connectivity index (χ1v) is 11.2. The number of amides is 3. The van der Waals surface area contributed by atoms with Crippen LogP contribution in [0, 0.1) is 5.92 Å². The Morgan fingerprint density at radius 1 is 0.971 bits per heavy atom. The number of likely N-dealkylation sites (tertiary alicyclic amines) is 1. The first kappa shape index (κ1) is 23.0. The number of hydrogen-bond donors (Lipinski definition) is 2. The fourth-order valence-electron chi connectivity index (χ4n) is 3.99. The van der Waals surface area contributed by atoms with Gasteiger partial charge >= 0.3 is 0 Å². The standard InChI is InChI=1S/C27H27N3O4/c1-34-22-11-7-10-20(14-22)16-28-27(33)23-12-5-6-13-24(23)29-26(32)21-15-25(31)30(18-21)17-19-8-3-2-4-9-19/h2-14,21H,15-18H2,1H3,(H,28,33)(H,29,32)/t21-/m0/s1. The summed E-state index contributed by atoms with van der Waals surface area (Å²) in [4.78, 5) is 40.0. The third kappa shape index (κ3) is 5.61. The Morgan fingerprint density at radius 3 is 2.50 bits per heavy atom. The maximum Gasteiger partial charge on any atom is 0.253 e. The lowest BCUT2D eigenvalue weighted by Gasteiger charge is -2.17. The summed E-state index contributed by atoms with van der Waals surface area (Å²) >= 11 is 0. The molecule has 174 valence electrons. The van der Waals surface area contributed by atoms with Crippen LogP contribution in [0.5, 0.6) is 5.75 Å². The molecule has 1 heterocycles. The van der Waals surface area contributed by atoms with Crippen molar-refractivity contribution in [1.82, 2.24) is 10.2 Å². The summed E-state index contributed by atoms with van der Waals surface area (Å²) in [5.74, 6) is -0.367. The third-order valence-electron chi connectivity index (χ3n) is 5.82. The van der Waals surface area contributed by atoms with Crippen LogP contribution >= 0.6 is 0 Å². The topological polar surface area (TPSA) is 87.7 Å². The van der Waals surface area contributed by atoms with Crippen molar-refractivity contribution in [3.8, 4) is 5.75 Å². The largest absolute Gasteiger partial charge is 0.497 e. The summed E-state index contributed by atoms with van der Waals surface area (Å²) in [5.41, 5.74) is 2.71. The molecule has 0 saturated carbocycles. The molecule has 7 heteroatoms. The Bertz CT molecular complexity index is 1180. The molecule has 3 aromatic carbocycles. The van der Waals surface area contributed by atoms with E-state index in [1.54, 1.807) is 36.3 Å². The summed E-state index contributed by atoms with van der Waals surface area (Å²) in [6.07, 6.45) is 0.156. The predicted molar refractivity (Wildman–Crippen MR) is 129 cm³/mol. The number of ether oxygens (including phenoxy) is 1. The molecule has 0 spiro atoms. The van der Waals surface area contributed by atoms with Crippen molar-refractivity contribution in [2.24, 2.45) is 5.92 Å². The summed E-state index contributed by atoms with van der Waals surface area (Å²) in [6.45, 7) is 1.15. The van der Waals surface area contributed by atoms with Crippen molar-refractivity contribution < 1.29 is 19.1 Å². The average molecular weight is 458 g/mol. The van der Waals surface area contributed by atoms with Gasteiger partial charge in [0, 0.05) is 26.1 Å². The first-order chi connectivity index (χ1) is 16.5. The SMILES string of the molecule is COc1cccc(CNC(=O)c2ccccc2NC(=O)[C@H]2CC(=O)N(Cc3ccccc3)C2)c1. The minimum atomic E-state index is -0.468. The van der Waals surface area contributed by atoms with Gasteiger partial charge in [-0.2, -0.15) is 0 Å². The molecule has 1 atom stereocenters. The number of anilines is 1. The van der Waals surface area contributed by atoms with E-state index in [4.69, 9.17) is 4.74 Å². The van der Waals surface area contributed by atoms with E-state index in [1.165, 1.54) is 0 Å². The van der Waals surface area contributed by atoms with Crippen LogP contribution < -0.4 is 15.4 Å². The van der Waals surface area contributed by atoms with Crippen molar-refractivity contribution in [3.63, 3.8) is 0 Å². The lowest BCUT2D eigenvalue weighted by Crippen LogP contribution is -2.29. The number of hydrogen-bond acceptors (Lipinski definition) is 4. The molecule has 0 aromatic heterocycles. The van der Waals surface area contributed by atoms with E-state index >= 15 is 0 Å². The Kier molecular flexibility index (Phi) is 7.22. The second-order valence-electron chi connectivity index (χ2n) is 8.23. The van der Waals surface area contributed by atoms with Gasteiger partial charge in [-0.25, -0.2) is 0 Å². The van der Waals surface area contributed by atoms with Gasteiger partial charge in [-0.05, 0) is 35.4 Å². The summed E-state index contributed by atoms with van der Waals surface area (Å²) < 4.78 is 5.22. The van der Waals surface area contributed by atoms with Gasteiger partial charge in [0.25, 0.3) is 5.91 Å². The van der Waals surface area contributed by atoms with E-state index in [1.807, 2.05) is 54.6 Å². The zero-order chi connectivity index (χ0) is 23.9. The van der Waals surface area contributed by atoms with Crippen molar-refractivity contribution in [1.29, 1.82) is 0 Å². The van der Waals surface area contributed by atoms with Crippen LogP contribution in [0.15, 0.2) is 78.9 Å². The van der Waals surface area contributed by atoms with E-state index in [0.29, 0.717) is 36.6 Å². The normalized spacial score (nSPS) is 15.1. The molecule has 1 aliphatic heterocycles. The highest BCUT2D eigenvalue weighted by Crippen LogP contribution is 2.23. The number of benzene rings is 3. The molecule has 4 rings (SSSR count). The second kappa shape index (κ2) is 10.7. The van der Waals surface area contributed by atoms with E-state index in [2.05, 4.69) is 10.6 Å². The summed E-state index contributed by atoms with van der Waals surface area (Å²) in [7, 11) is 1.59. The highest BCUT2D eigenvalue weighted by atomic mass is 16.5. The van der Waals surface area contributed by atoms with Crippen LogP contribution in [-0.2, 0) is 22.7 Å². The molecule has 1 aliphatic rings. The maximum atomic E-state index is 12.9. The van der Waals surface area contributed by atoms with Crippen molar-refractivity contribution >= 4 is 23.4 Å². The number of nitrogens with zero attached hydrogens (tertiary/aromatic N) is 1. The molecule has 0 radical (unpaired) electrons. The molecule has 0 unspecified atom stereocenters. The molecule has 1 saturated heterocycles. The lowest BCUT2D eigenvalue weighted by atomic mass is 10.1. The van der Waals surface area contributed by atoms with Crippen LogP contribution in [0.3, 0.4) is 0 Å². The maximum absolute atomic E-state index is 12.9. The molecule has 0 bridgehead atoms. The first-order valence-electron chi connectivity index (χ1n) is 11.2. The lowest BCUT2D eigenvalue weighted by molar-refractivity contribution is -0.128. The average Bonchev–Trinajstić information content (AvgIpc) is 3.23. The number of carbonyl (C=O) groups is 3. The quantitative estimate of drug-likeness (QED) is 0.541. The Labute approximate surface area is 198 Å². The molecule has 34 heavy (non-hydrogen) atoms. The highest BCUT2D eigenvalue weighted by molar-refractivity contribution is 6.05. The highest BCUT2D eigenvalue weighted by Gasteiger charge is 2.34. The minimum Gasteiger partial charge on any atom is -0.497 e. The number of rotatable bonds is 8. The molecule has 3 aromatic rings. The fraction of sp³-hybridized carbons (Fsp3) is 0.222. The molecule has 7 nitrogen and oxygen atoms in total. The zero-order valence-electron chi connectivity index (χ0n) is 19.0. The van der Waals surface area contributed by atoms with Gasteiger partial charge in [-0.1, -0.05) is 54.6 Å². The molecule has 0 aliphatic carbocycles. The molecule has 3 amide bonds. The van der Waals surface area contributed by atoms with Crippen molar-refractivity contribution in [2.45, 2.75) is 19.5 Å². The third-order valence-corrected chi connectivity index (χ3v) is 5.82. The Morgan fingerprint density at radius 2 is 1.71 bits per heavy atom. The predicted octanol–water partition coefficient (Wildman–Crippen LogP) is 3.61. The number of carbonyl (C=O) groups excluding carboxylic acids is 3. The van der Waals surface area contributed by atoms with Crippen LogP contribution in [-0.4, -0.2) is 36.3 Å². The van der Waals surface area contributed by atoms with Gasteiger partial charge < -0.3 is 20.3 Å². The number of para-hydroxylation sites is 1. The zero-order valence-corrected chi connectivity index (χ0v) is 19.0. The van der Waals surface area contributed by atoms with Gasteiger partial charge in [0.05, 0.1) is 24.3 Å². The number of methoxy groups -OCH3 is 1. The van der Waals surface area contributed by atoms with Crippen LogP contribution in [0.1, 0.15) is 27.9 Å². The van der Waals surface area contributed by atoms with Gasteiger partial charge in [0.1, 0.15) is 5.75 Å². The summed E-state index contributed by atoms with van der Waals surface area (Å²) in [5, 5.41) is 5.74. The minimum absolute atomic E-state index is 0.0479. The van der Waals surface area contributed by atoms with Gasteiger partial charge in [-0.15, -0.1) is 0 Å².